The van der Waals surface area contributed by atoms with Crippen molar-refractivity contribution >= 4 is 11.3 Å². The van der Waals surface area contributed by atoms with Gasteiger partial charge in [-0.2, -0.15) is 0 Å². The van der Waals surface area contributed by atoms with Crippen molar-refractivity contribution in [2.45, 2.75) is 52.5 Å². The first kappa shape index (κ1) is 26.7. The Morgan fingerprint density at radius 1 is 0.875 bits per heavy atom. The first-order valence-electron chi connectivity index (χ1n) is 11.8. The van der Waals surface area contributed by atoms with E-state index in [4.69, 9.17) is 18.9 Å². The molecule has 0 aliphatic heterocycles. The standard InChI is InChI=1S/C25H40N2O4S/c1-4-5-6-7-8-11-28-12-13-29-14-15-30-16-17-31-24-18-22(9-10-23(24)19-26-3)25-21(2)27-20-32-25/h9-10,18,20,26H,4-8,11-17,19H2,1-3H3. The zero-order valence-corrected chi connectivity index (χ0v) is 20.8. The molecule has 6 nitrogen and oxygen atoms in total. The highest BCUT2D eigenvalue weighted by Gasteiger charge is 2.10. The van der Waals surface area contributed by atoms with Crippen molar-refractivity contribution in [1.82, 2.24) is 10.3 Å². The number of nitrogens with zero attached hydrogens (tertiary/aromatic N) is 1. The molecule has 0 aliphatic carbocycles. The fraction of sp³-hybridized carbons (Fsp3) is 0.640. The maximum atomic E-state index is 6.03. The molecule has 1 aromatic carbocycles. The number of aryl methyl sites for hydroxylation is 1. The molecule has 0 aliphatic rings. The van der Waals surface area contributed by atoms with Crippen LogP contribution in [0, 0.1) is 6.92 Å². The molecule has 0 radical (unpaired) electrons. The SMILES string of the molecule is CCCCCCCOCCOCCOCCOc1cc(-c2scnc2C)ccc1CNC. The lowest BCUT2D eigenvalue weighted by Gasteiger charge is -2.13. The number of rotatable bonds is 19. The van der Waals surface area contributed by atoms with E-state index < -0.39 is 0 Å². The molecule has 2 rings (SSSR count). The van der Waals surface area contributed by atoms with Gasteiger partial charge in [-0.25, -0.2) is 4.98 Å². The molecule has 180 valence electrons. The van der Waals surface area contributed by atoms with Crippen LogP contribution in [0.25, 0.3) is 10.4 Å². The number of benzene rings is 1. The van der Waals surface area contributed by atoms with Crippen LogP contribution >= 0.6 is 11.3 Å². The predicted octanol–water partition coefficient (Wildman–Crippen LogP) is 5.24. The summed E-state index contributed by atoms with van der Waals surface area (Å²) in [6.45, 7) is 9.29. The van der Waals surface area contributed by atoms with Gasteiger partial charge in [-0.1, -0.05) is 44.7 Å². The molecule has 0 spiro atoms. The summed E-state index contributed by atoms with van der Waals surface area (Å²) in [6.07, 6.45) is 6.32. The highest BCUT2D eigenvalue weighted by molar-refractivity contribution is 7.13. The van der Waals surface area contributed by atoms with Crippen LogP contribution in [0.1, 0.15) is 50.3 Å². The Hall–Kier alpha value is -1.51. The monoisotopic (exact) mass is 464 g/mol. The van der Waals surface area contributed by atoms with Crippen LogP contribution in [0.15, 0.2) is 23.7 Å². The van der Waals surface area contributed by atoms with E-state index in [0.29, 0.717) is 39.6 Å². The number of unbranched alkanes of at least 4 members (excludes halogenated alkanes) is 4. The lowest BCUT2D eigenvalue weighted by atomic mass is 10.1. The van der Waals surface area contributed by atoms with Crippen molar-refractivity contribution in [3.05, 3.63) is 35.0 Å². The second kappa shape index (κ2) is 17.0. The van der Waals surface area contributed by atoms with Gasteiger partial charge in [-0.3, -0.25) is 0 Å². The second-order valence-corrected chi connectivity index (χ2v) is 8.57. The third kappa shape index (κ3) is 10.4. The number of ether oxygens (including phenoxy) is 4. The van der Waals surface area contributed by atoms with E-state index >= 15 is 0 Å². The topological polar surface area (TPSA) is 61.8 Å². The number of thiazole rings is 1. The van der Waals surface area contributed by atoms with E-state index in [9.17, 15) is 0 Å². The van der Waals surface area contributed by atoms with Crippen LogP contribution in [0.5, 0.6) is 5.75 Å². The van der Waals surface area contributed by atoms with Crippen molar-refractivity contribution in [2.75, 3.05) is 53.3 Å². The minimum atomic E-state index is 0.503. The summed E-state index contributed by atoms with van der Waals surface area (Å²) in [5.74, 6) is 0.886. The predicted molar refractivity (Wildman–Crippen MR) is 132 cm³/mol. The Kier molecular flexibility index (Phi) is 14.2. The molecule has 0 bridgehead atoms. The summed E-state index contributed by atoms with van der Waals surface area (Å²) < 4.78 is 22.8. The minimum absolute atomic E-state index is 0.503. The molecule has 2 aromatic rings. The molecule has 0 saturated carbocycles. The Morgan fingerprint density at radius 2 is 1.56 bits per heavy atom. The smallest absolute Gasteiger partial charge is 0.124 e. The molecule has 1 N–H and O–H groups in total. The number of nitrogens with one attached hydrogen (secondary N) is 1. The third-order valence-electron chi connectivity index (χ3n) is 5.06. The van der Waals surface area contributed by atoms with Gasteiger partial charge in [0.2, 0.25) is 0 Å². The van der Waals surface area contributed by atoms with Gasteiger partial charge in [-0.15, -0.1) is 11.3 Å². The van der Waals surface area contributed by atoms with Crippen LogP contribution in [0.3, 0.4) is 0 Å². The number of hydrogen-bond acceptors (Lipinski definition) is 7. The van der Waals surface area contributed by atoms with Crippen LogP contribution in [0.4, 0.5) is 0 Å². The Morgan fingerprint density at radius 3 is 2.22 bits per heavy atom. The van der Waals surface area contributed by atoms with Crippen LogP contribution < -0.4 is 10.1 Å². The Balaban J connectivity index is 1.56. The summed E-state index contributed by atoms with van der Waals surface area (Å²) in [5, 5.41) is 3.20. The largest absolute Gasteiger partial charge is 0.491 e. The zero-order chi connectivity index (χ0) is 22.9. The van der Waals surface area contributed by atoms with Gasteiger partial charge >= 0.3 is 0 Å². The van der Waals surface area contributed by atoms with Gasteiger partial charge in [-0.05, 0) is 32.0 Å². The molecule has 1 heterocycles. The van der Waals surface area contributed by atoms with Crippen molar-refractivity contribution in [2.24, 2.45) is 0 Å². The first-order valence-corrected chi connectivity index (χ1v) is 12.7. The van der Waals surface area contributed by atoms with E-state index in [1.807, 2.05) is 19.5 Å². The highest BCUT2D eigenvalue weighted by Crippen LogP contribution is 2.31. The average Bonchev–Trinajstić information content (AvgIpc) is 3.23. The lowest BCUT2D eigenvalue weighted by molar-refractivity contribution is 0.00874. The molecule has 0 amide bonds. The molecule has 0 unspecified atom stereocenters. The normalized spacial score (nSPS) is 11.2. The van der Waals surface area contributed by atoms with E-state index in [0.717, 1.165) is 42.1 Å². The van der Waals surface area contributed by atoms with Crippen LogP contribution in [-0.2, 0) is 20.8 Å². The Labute approximate surface area is 197 Å². The van der Waals surface area contributed by atoms with Crippen molar-refractivity contribution in [3.8, 4) is 16.2 Å². The average molecular weight is 465 g/mol. The fourth-order valence-electron chi connectivity index (χ4n) is 3.31. The molecule has 0 atom stereocenters. The zero-order valence-electron chi connectivity index (χ0n) is 20.0. The summed E-state index contributed by atoms with van der Waals surface area (Å²) >= 11 is 1.65. The summed E-state index contributed by atoms with van der Waals surface area (Å²) in [5.41, 5.74) is 5.19. The van der Waals surface area contributed by atoms with Gasteiger partial charge in [0.15, 0.2) is 0 Å². The quantitative estimate of drug-likeness (QED) is 0.287. The highest BCUT2D eigenvalue weighted by atomic mass is 32.1. The Bertz CT molecular complexity index is 738. The molecule has 32 heavy (non-hydrogen) atoms. The van der Waals surface area contributed by atoms with Crippen LogP contribution in [-0.4, -0.2) is 58.3 Å². The summed E-state index contributed by atoms with van der Waals surface area (Å²) in [6, 6.07) is 6.34. The number of aromatic nitrogens is 1. The first-order chi connectivity index (χ1) is 15.8. The van der Waals surface area contributed by atoms with Crippen molar-refractivity contribution in [3.63, 3.8) is 0 Å². The maximum absolute atomic E-state index is 6.03. The molecule has 0 fully saturated rings. The third-order valence-corrected chi connectivity index (χ3v) is 6.04. The van der Waals surface area contributed by atoms with E-state index in [-0.39, 0.29) is 0 Å². The molecule has 0 saturated heterocycles. The van der Waals surface area contributed by atoms with E-state index in [1.165, 1.54) is 30.6 Å². The lowest BCUT2D eigenvalue weighted by Crippen LogP contribution is -2.14. The van der Waals surface area contributed by atoms with Crippen molar-refractivity contribution in [1.29, 1.82) is 0 Å². The van der Waals surface area contributed by atoms with Gasteiger partial charge in [0.05, 0.1) is 49.1 Å². The van der Waals surface area contributed by atoms with E-state index in [2.05, 4.69) is 35.4 Å². The molecule has 7 heteroatoms. The maximum Gasteiger partial charge on any atom is 0.124 e. The molecule has 1 aromatic heterocycles. The van der Waals surface area contributed by atoms with Crippen molar-refractivity contribution < 1.29 is 18.9 Å². The second-order valence-electron chi connectivity index (χ2n) is 7.72. The van der Waals surface area contributed by atoms with Crippen LogP contribution in [0.2, 0.25) is 0 Å². The van der Waals surface area contributed by atoms with Gasteiger partial charge in [0.25, 0.3) is 0 Å². The molecular weight excluding hydrogens is 424 g/mol. The molecular formula is C25H40N2O4S. The van der Waals surface area contributed by atoms with Gasteiger partial charge < -0.3 is 24.3 Å². The number of hydrogen-bond donors (Lipinski definition) is 1. The van der Waals surface area contributed by atoms with Gasteiger partial charge in [0.1, 0.15) is 12.4 Å². The summed E-state index contributed by atoms with van der Waals surface area (Å²) in [7, 11) is 1.94. The fourth-order valence-corrected chi connectivity index (χ4v) is 4.11. The summed E-state index contributed by atoms with van der Waals surface area (Å²) in [4.78, 5) is 5.53. The van der Waals surface area contributed by atoms with Gasteiger partial charge in [0, 0.05) is 18.7 Å². The van der Waals surface area contributed by atoms with E-state index in [1.54, 1.807) is 11.3 Å². The minimum Gasteiger partial charge on any atom is -0.491 e.